The smallest absolute Gasteiger partial charge is 0.306 e. The number of hydrogen-bond acceptors (Lipinski definition) is 6. The zero-order valence-corrected chi connectivity index (χ0v) is 39.1. The van der Waals surface area contributed by atoms with Crippen LogP contribution in [-0.4, -0.2) is 37.2 Å². The van der Waals surface area contributed by atoms with Crippen molar-refractivity contribution in [3.8, 4) is 0 Å². The molecule has 0 amide bonds. The van der Waals surface area contributed by atoms with Crippen molar-refractivity contribution in [2.75, 3.05) is 13.2 Å². The van der Waals surface area contributed by atoms with E-state index in [4.69, 9.17) is 14.2 Å². The molecular formula is C51H98O6. The van der Waals surface area contributed by atoms with Gasteiger partial charge in [0.05, 0.1) is 0 Å². The van der Waals surface area contributed by atoms with E-state index in [0.29, 0.717) is 19.3 Å². The van der Waals surface area contributed by atoms with Crippen LogP contribution in [0.3, 0.4) is 0 Å². The fourth-order valence-electron chi connectivity index (χ4n) is 7.59. The van der Waals surface area contributed by atoms with E-state index in [-0.39, 0.29) is 31.1 Å². The molecular weight excluding hydrogens is 709 g/mol. The molecule has 0 aliphatic carbocycles. The van der Waals surface area contributed by atoms with Crippen LogP contribution in [0.1, 0.15) is 273 Å². The summed E-state index contributed by atoms with van der Waals surface area (Å²) >= 11 is 0. The van der Waals surface area contributed by atoms with Gasteiger partial charge >= 0.3 is 17.9 Å². The summed E-state index contributed by atoms with van der Waals surface area (Å²) in [6.45, 7) is 13.7. The molecule has 0 heterocycles. The molecule has 6 heteroatoms. The van der Waals surface area contributed by atoms with Crippen LogP contribution in [0.4, 0.5) is 0 Å². The number of carbonyl (C=O) groups is 3. The van der Waals surface area contributed by atoms with Crippen molar-refractivity contribution in [1.82, 2.24) is 0 Å². The van der Waals surface area contributed by atoms with Gasteiger partial charge < -0.3 is 14.2 Å². The number of esters is 3. The number of ether oxygens (including phenoxy) is 3. The normalized spacial score (nSPS) is 12.2. The van der Waals surface area contributed by atoms with E-state index in [1.54, 1.807) is 0 Å². The second-order valence-electron chi connectivity index (χ2n) is 18.9. The van der Waals surface area contributed by atoms with Crippen molar-refractivity contribution in [2.45, 2.75) is 279 Å². The molecule has 0 aliphatic rings. The first-order chi connectivity index (χ1) is 27.6. The minimum atomic E-state index is -0.762. The maximum absolute atomic E-state index is 12.8. The van der Waals surface area contributed by atoms with Gasteiger partial charge in [-0.2, -0.15) is 0 Å². The minimum absolute atomic E-state index is 0.0657. The van der Waals surface area contributed by atoms with Gasteiger partial charge in [-0.15, -0.1) is 0 Å². The molecule has 0 radical (unpaired) electrons. The van der Waals surface area contributed by atoms with E-state index in [2.05, 4.69) is 41.5 Å². The van der Waals surface area contributed by atoms with Crippen LogP contribution in [0.15, 0.2) is 0 Å². The van der Waals surface area contributed by atoms with E-state index in [0.717, 1.165) is 75.5 Å². The van der Waals surface area contributed by atoms with Crippen molar-refractivity contribution >= 4 is 17.9 Å². The van der Waals surface area contributed by atoms with Gasteiger partial charge in [0, 0.05) is 19.3 Å². The Morgan fingerprint density at radius 1 is 0.298 bits per heavy atom. The number of hydrogen-bond donors (Lipinski definition) is 0. The molecule has 0 rings (SSSR count). The van der Waals surface area contributed by atoms with Gasteiger partial charge in [-0.3, -0.25) is 14.4 Å². The summed E-state index contributed by atoms with van der Waals surface area (Å²) in [6, 6.07) is 0. The predicted molar refractivity (Wildman–Crippen MR) is 243 cm³/mol. The highest BCUT2D eigenvalue weighted by Gasteiger charge is 2.19. The van der Waals surface area contributed by atoms with Crippen molar-refractivity contribution < 1.29 is 28.6 Å². The van der Waals surface area contributed by atoms with Crippen LogP contribution >= 0.6 is 0 Å². The Morgan fingerprint density at radius 3 is 0.754 bits per heavy atom. The zero-order chi connectivity index (χ0) is 42.0. The Hall–Kier alpha value is -1.59. The van der Waals surface area contributed by atoms with Gasteiger partial charge in [-0.1, -0.05) is 234 Å². The molecule has 1 atom stereocenters. The van der Waals surface area contributed by atoms with Crippen LogP contribution in [0.5, 0.6) is 0 Å². The Labute approximate surface area is 355 Å². The lowest BCUT2D eigenvalue weighted by Gasteiger charge is -2.18. The highest BCUT2D eigenvalue weighted by atomic mass is 16.6. The maximum Gasteiger partial charge on any atom is 0.306 e. The SMILES string of the molecule is CC(C)CCCCCCCCCCCCCCCCC(=O)O[C@H](COC(=O)CCCCCCCCCCCC(C)C)COC(=O)CCCCCCCCCC(C)C. The predicted octanol–water partition coefficient (Wildman–Crippen LogP) is 16.0. The Balaban J connectivity index is 4.29. The average molecular weight is 807 g/mol. The Bertz CT molecular complexity index is 883. The highest BCUT2D eigenvalue weighted by molar-refractivity contribution is 5.71. The summed E-state index contributed by atoms with van der Waals surface area (Å²) in [5.74, 6) is 1.58. The van der Waals surface area contributed by atoms with Crippen molar-refractivity contribution in [1.29, 1.82) is 0 Å². The molecule has 0 aromatic heterocycles. The van der Waals surface area contributed by atoms with Crippen LogP contribution < -0.4 is 0 Å². The fourth-order valence-corrected chi connectivity index (χ4v) is 7.59. The standard InChI is InChI=1S/C51H98O6/c1-45(2)37-31-25-19-14-11-9-7-8-10-12-16-23-30-36-42-51(54)57-48(44-56-50(53)41-35-29-24-18-21-27-33-39-47(5)6)43-55-49(52)40-34-28-22-17-13-15-20-26-32-38-46(3)4/h45-48H,7-44H2,1-6H3/t48-/m1/s1. The van der Waals surface area contributed by atoms with E-state index in [1.165, 1.54) is 154 Å². The molecule has 0 N–H and O–H groups in total. The van der Waals surface area contributed by atoms with E-state index in [9.17, 15) is 14.4 Å². The van der Waals surface area contributed by atoms with E-state index in [1.807, 2.05) is 0 Å². The van der Waals surface area contributed by atoms with Crippen LogP contribution in [-0.2, 0) is 28.6 Å². The van der Waals surface area contributed by atoms with Crippen molar-refractivity contribution in [2.24, 2.45) is 17.8 Å². The summed E-state index contributed by atoms with van der Waals surface area (Å²) in [6.07, 6.45) is 41.0. The summed E-state index contributed by atoms with van der Waals surface area (Å²) in [5.41, 5.74) is 0. The summed E-state index contributed by atoms with van der Waals surface area (Å²) in [7, 11) is 0. The van der Waals surface area contributed by atoms with Crippen molar-refractivity contribution in [3.05, 3.63) is 0 Å². The summed E-state index contributed by atoms with van der Waals surface area (Å²) in [4.78, 5) is 37.8. The average Bonchev–Trinajstić information content (AvgIpc) is 3.16. The fraction of sp³-hybridized carbons (Fsp3) is 0.941. The first-order valence-corrected chi connectivity index (χ1v) is 25.1. The lowest BCUT2D eigenvalue weighted by atomic mass is 10.0. The zero-order valence-electron chi connectivity index (χ0n) is 39.1. The molecule has 0 spiro atoms. The van der Waals surface area contributed by atoms with Gasteiger partial charge in [-0.25, -0.2) is 0 Å². The molecule has 0 fully saturated rings. The van der Waals surface area contributed by atoms with Crippen LogP contribution in [0.2, 0.25) is 0 Å². The number of unbranched alkanes of at least 4 members (excludes halogenated alkanes) is 27. The van der Waals surface area contributed by atoms with Gasteiger partial charge in [0.2, 0.25) is 0 Å². The Kier molecular flexibility index (Phi) is 41.3. The number of carbonyl (C=O) groups excluding carboxylic acids is 3. The van der Waals surface area contributed by atoms with Gasteiger partial charge in [0.25, 0.3) is 0 Å². The third kappa shape index (κ3) is 45.3. The van der Waals surface area contributed by atoms with E-state index < -0.39 is 6.10 Å². The second kappa shape index (κ2) is 42.5. The van der Waals surface area contributed by atoms with Gasteiger partial charge in [0.1, 0.15) is 13.2 Å². The topological polar surface area (TPSA) is 78.9 Å². The lowest BCUT2D eigenvalue weighted by molar-refractivity contribution is -0.167. The third-order valence-electron chi connectivity index (χ3n) is 11.4. The minimum Gasteiger partial charge on any atom is -0.462 e. The molecule has 57 heavy (non-hydrogen) atoms. The van der Waals surface area contributed by atoms with E-state index >= 15 is 0 Å². The maximum atomic E-state index is 12.8. The molecule has 0 bridgehead atoms. The number of rotatable bonds is 44. The lowest BCUT2D eigenvalue weighted by Crippen LogP contribution is -2.30. The first kappa shape index (κ1) is 55.4. The summed E-state index contributed by atoms with van der Waals surface area (Å²) < 4.78 is 16.8. The molecule has 0 aromatic carbocycles. The monoisotopic (exact) mass is 807 g/mol. The molecule has 0 aliphatic heterocycles. The van der Waals surface area contributed by atoms with Crippen LogP contribution in [0, 0.1) is 17.8 Å². The first-order valence-electron chi connectivity index (χ1n) is 25.1. The second-order valence-corrected chi connectivity index (χ2v) is 18.9. The molecule has 0 aromatic rings. The Morgan fingerprint density at radius 2 is 0.509 bits per heavy atom. The highest BCUT2D eigenvalue weighted by Crippen LogP contribution is 2.17. The van der Waals surface area contributed by atoms with Gasteiger partial charge in [0.15, 0.2) is 6.10 Å². The molecule has 0 unspecified atom stereocenters. The van der Waals surface area contributed by atoms with Gasteiger partial charge in [-0.05, 0) is 37.0 Å². The largest absolute Gasteiger partial charge is 0.462 e. The van der Waals surface area contributed by atoms with Crippen molar-refractivity contribution in [3.63, 3.8) is 0 Å². The summed E-state index contributed by atoms with van der Waals surface area (Å²) in [5, 5.41) is 0. The molecule has 0 saturated carbocycles. The molecule has 0 saturated heterocycles. The molecule has 338 valence electrons. The van der Waals surface area contributed by atoms with Crippen LogP contribution in [0.25, 0.3) is 0 Å². The third-order valence-corrected chi connectivity index (χ3v) is 11.4. The quantitative estimate of drug-likeness (QED) is 0.0347. The molecule has 6 nitrogen and oxygen atoms in total.